The van der Waals surface area contributed by atoms with Crippen LogP contribution in [0.2, 0.25) is 5.02 Å². The Morgan fingerprint density at radius 3 is 2.87 bits per heavy atom. The van der Waals surface area contributed by atoms with Crippen LogP contribution in [0.15, 0.2) is 18.2 Å². The quantitative estimate of drug-likeness (QED) is 0.808. The average molecular weight is 231 g/mol. The molecule has 15 heavy (non-hydrogen) atoms. The molecule has 1 unspecified atom stereocenters. The lowest BCUT2D eigenvalue weighted by atomic mass is 10.0. The number of Topliss-reactive ketones (excluding diaryl/α,β-unsaturated/α-hetero) is 1. The number of hydrogen-bond acceptors (Lipinski definition) is 2. The van der Waals surface area contributed by atoms with E-state index in [1.807, 2.05) is 6.92 Å². The third-order valence-corrected chi connectivity index (χ3v) is 2.39. The second-order valence-electron chi connectivity index (χ2n) is 3.29. The molecule has 0 bridgehead atoms. The minimum Gasteiger partial charge on any atom is -0.385 e. The molecule has 0 amide bonds. The number of rotatable bonds is 4. The molecule has 1 aromatic rings. The molecule has 0 aliphatic heterocycles. The highest BCUT2D eigenvalue weighted by molar-refractivity contribution is 6.34. The van der Waals surface area contributed by atoms with Crippen LogP contribution in [0.3, 0.4) is 0 Å². The summed E-state index contributed by atoms with van der Waals surface area (Å²) in [4.78, 5) is 11.6. The number of ketones is 1. The summed E-state index contributed by atoms with van der Waals surface area (Å²) < 4.78 is 12.9. The number of carbonyl (C=O) groups is 1. The monoisotopic (exact) mass is 230 g/mol. The predicted octanol–water partition coefficient (Wildman–Crippen LogP) is 2.82. The summed E-state index contributed by atoms with van der Waals surface area (Å²) in [7, 11) is 0. The van der Waals surface area contributed by atoms with E-state index in [1.54, 1.807) is 0 Å². The van der Waals surface area contributed by atoms with Gasteiger partial charge in [-0.1, -0.05) is 24.9 Å². The van der Waals surface area contributed by atoms with Gasteiger partial charge in [0.1, 0.15) is 11.9 Å². The number of hydrogen-bond donors (Lipinski definition) is 1. The summed E-state index contributed by atoms with van der Waals surface area (Å²) in [6.07, 6.45) is -0.0692. The van der Waals surface area contributed by atoms with Crippen molar-refractivity contribution in [2.75, 3.05) is 0 Å². The highest BCUT2D eigenvalue weighted by Gasteiger charge is 2.19. The van der Waals surface area contributed by atoms with Gasteiger partial charge >= 0.3 is 0 Å². The van der Waals surface area contributed by atoms with Crippen molar-refractivity contribution in [3.05, 3.63) is 34.6 Å². The number of aliphatic hydroxyl groups is 1. The first-order chi connectivity index (χ1) is 7.06. The molecule has 1 aromatic carbocycles. The summed E-state index contributed by atoms with van der Waals surface area (Å²) in [6, 6.07) is 3.53. The van der Waals surface area contributed by atoms with E-state index < -0.39 is 17.7 Å². The van der Waals surface area contributed by atoms with Crippen molar-refractivity contribution < 1.29 is 14.3 Å². The second-order valence-corrected chi connectivity index (χ2v) is 3.70. The molecule has 0 spiro atoms. The Morgan fingerprint density at radius 2 is 2.27 bits per heavy atom. The Labute approximate surface area is 92.7 Å². The number of halogens is 2. The van der Waals surface area contributed by atoms with Gasteiger partial charge < -0.3 is 5.11 Å². The molecule has 0 aliphatic carbocycles. The summed E-state index contributed by atoms with van der Waals surface area (Å²) in [5.41, 5.74) is 0.0395. The highest BCUT2D eigenvalue weighted by Crippen LogP contribution is 2.19. The molecule has 1 rings (SSSR count). The summed E-state index contributed by atoms with van der Waals surface area (Å²) in [6.45, 7) is 1.85. The minimum atomic E-state index is -1.10. The van der Waals surface area contributed by atoms with Crippen molar-refractivity contribution in [3.8, 4) is 0 Å². The molecule has 0 fully saturated rings. The maximum atomic E-state index is 12.9. The van der Waals surface area contributed by atoms with Crippen LogP contribution in [-0.4, -0.2) is 17.0 Å². The fourth-order valence-electron chi connectivity index (χ4n) is 1.27. The van der Waals surface area contributed by atoms with Crippen LogP contribution in [-0.2, 0) is 0 Å². The fourth-order valence-corrected chi connectivity index (χ4v) is 1.48. The van der Waals surface area contributed by atoms with Gasteiger partial charge in [0.25, 0.3) is 0 Å². The maximum Gasteiger partial charge on any atom is 0.192 e. The smallest absolute Gasteiger partial charge is 0.192 e. The van der Waals surface area contributed by atoms with Crippen LogP contribution in [0.4, 0.5) is 4.39 Å². The van der Waals surface area contributed by atoms with Crippen molar-refractivity contribution in [2.24, 2.45) is 0 Å². The van der Waals surface area contributed by atoms with Crippen LogP contribution >= 0.6 is 11.6 Å². The lowest BCUT2D eigenvalue weighted by molar-refractivity contribution is 0.0729. The Balaban J connectivity index is 2.95. The molecular formula is C11H12ClFO2. The van der Waals surface area contributed by atoms with Crippen LogP contribution in [0.25, 0.3) is 0 Å². The second kappa shape index (κ2) is 5.24. The first kappa shape index (κ1) is 12.1. The van der Waals surface area contributed by atoms with Gasteiger partial charge in [-0.15, -0.1) is 0 Å². The van der Waals surface area contributed by atoms with E-state index in [1.165, 1.54) is 12.1 Å². The Hall–Kier alpha value is -0.930. The van der Waals surface area contributed by atoms with Crippen molar-refractivity contribution in [1.29, 1.82) is 0 Å². The SMILES string of the molecule is CCCC(O)C(=O)c1cc(F)ccc1Cl. The van der Waals surface area contributed by atoms with Crippen molar-refractivity contribution in [1.82, 2.24) is 0 Å². The van der Waals surface area contributed by atoms with Crippen molar-refractivity contribution >= 4 is 17.4 Å². The molecule has 4 heteroatoms. The molecule has 0 radical (unpaired) electrons. The summed E-state index contributed by atoms with van der Waals surface area (Å²) in [5, 5.41) is 9.62. The fraction of sp³-hybridized carbons (Fsp3) is 0.364. The number of benzene rings is 1. The van der Waals surface area contributed by atoms with Crippen LogP contribution in [0.1, 0.15) is 30.1 Å². The van der Waals surface area contributed by atoms with Gasteiger partial charge in [0.2, 0.25) is 0 Å². The normalized spacial score (nSPS) is 12.5. The van der Waals surface area contributed by atoms with Gasteiger partial charge in [-0.05, 0) is 24.6 Å². The first-order valence-corrected chi connectivity index (χ1v) is 5.11. The van der Waals surface area contributed by atoms with E-state index in [2.05, 4.69) is 0 Å². The minimum absolute atomic E-state index is 0.0395. The molecule has 1 atom stereocenters. The lowest BCUT2D eigenvalue weighted by Crippen LogP contribution is -2.20. The van der Waals surface area contributed by atoms with E-state index in [-0.39, 0.29) is 10.6 Å². The molecule has 2 nitrogen and oxygen atoms in total. The van der Waals surface area contributed by atoms with E-state index in [0.29, 0.717) is 12.8 Å². The van der Waals surface area contributed by atoms with E-state index in [0.717, 1.165) is 6.07 Å². The number of carbonyl (C=O) groups excluding carboxylic acids is 1. The zero-order chi connectivity index (χ0) is 11.4. The van der Waals surface area contributed by atoms with Gasteiger partial charge in [0, 0.05) is 5.56 Å². The molecule has 0 aliphatic rings. The highest BCUT2D eigenvalue weighted by atomic mass is 35.5. The third kappa shape index (κ3) is 3.01. The molecule has 0 saturated carbocycles. The van der Waals surface area contributed by atoms with Gasteiger partial charge in [-0.2, -0.15) is 0 Å². The Bertz CT molecular complexity index is 366. The van der Waals surface area contributed by atoms with E-state index in [4.69, 9.17) is 11.6 Å². The predicted molar refractivity (Wildman–Crippen MR) is 56.7 cm³/mol. The number of aliphatic hydroxyl groups excluding tert-OH is 1. The largest absolute Gasteiger partial charge is 0.385 e. The maximum absolute atomic E-state index is 12.9. The molecule has 0 saturated heterocycles. The Kier molecular flexibility index (Phi) is 4.24. The average Bonchev–Trinajstić information content (AvgIpc) is 2.21. The Morgan fingerprint density at radius 1 is 1.60 bits per heavy atom. The third-order valence-electron chi connectivity index (χ3n) is 2.06. The first-order valence-electron chi connectivity index (χ1n) is 4.73. The van der Waals surface area contributed by atoms with Gasteiger partial charge in [0.05, 0.1) is 5.02 Å². The van der Waals surface area contributed by atoms with E-state index in [9.17, 15) is 14.3 Å². The summed E-state index contributed by atoms with van der Waals surface area (Å²) in [5.74, 6) is -1.06. The molecule has 82 valence electrons. The molecule has 0 aromatic heterocycles. The standard InChI is InChI=1S/C11H12ClFO2/c1-2-3-10(14)11(15)8-6-7(13)4-5-9(8)12/h4-6,10,14H,2-3H2,1H3. The van der Waals surface area contributed by atoms with Crippen LogP contribution in [0, 0.1) is 5.82 Å². The molecule has 0 heterocycles. The zero-order valence-electron chi connectivity index (χ0n) is 8.34. The summed E-state index contributed by atoms with van der Waals surface area (Å²) >= 11 is 5.74. The van der Waals surface area contributed by atoms with Gasteiger partial charge in [0.15, 0.2) is 5.78 Å². The van der Waals surface area contributed by atoms with Crippen LogP contribution in [0.5, 0.6) is 0 Å². The van der Waals surface area contributed by atoms with Gasteiger partial charge in [-0.25, -0.2) is 4.39 Å². The zero-order valence-corrected chi connectivity index (χ0v) is 9.09. The van der Waals surface area contributed by atoms with Crippen molar-refractivity contribution in [3.63, 3.8) is 0 Å². The van der Waals surface area contributed by atoms with Crippen LogP contribution < -0.4 is 0 Å². The molecular weight excluding hydrogens is 219 g/mol. The van der Waals surface area contributed by atoms with E-state index >= 15 is 0 Å². The van der Waals surface area contributed by atoms with Gasteiger partial charge in [-0.3, -0.25) is 4.79 Å². The van der Waals surface area contributed by atoms with Crippen molar-refractivity contribution in [2.45, 2.75) is 25.9 Å². The topological polar surface area (TPSA) is 37.3 Å². The molecule has 1 N–H and O–H groups in total. The lowest BCUT2D eigenvalue weighted by Gasteiger charge is -2.09.